The summed E-state index contributed by atoms with van der Waals surface area (Å²) < 4.78 is 26.8. The molecule has 5 N–H and O–H groups in total. The van der Waals surface area contributed by atoms with Crippen LogP contribution in [0.1, 0.15) is 47.5 Å². The second-order valence-electron chi connectivity index (χ2n) is 8.06. The van der Waals surface area contributed by atoms with Crippen molar-refractivity contribution in [2.75, 3.05) is 11.1 Å². The van der Waals surface area contributed by atoms with E-state index in [0.29, 0.717) is 29.4 Å². The van der Waals surface area contributed by atoms with Crippen LogP contribution in [-0.4, -0.2) is 32.9 Å². The Labute approximate surface area is 194 Å². The third kappa shape index (κ3) is 5.18. The highest BCUT2D eigenvalue weighted by atomic mass is 19.1. The highest BCUT2D eigenvalue weighted by Crippen LogP contribution is 2.28. The Balaban J connectivity index is 1.56. The predicted molar refractivity (Wildman–Crippen MR) is 122 cm³/mol. The van der Waals surface area contributed by atoms with Gasteiger partial charge in [0.15, 0.2) is 17.6 Å². The Morgan fingerprint density at radius 1 is 1.18 bits per heavy atom. The number of aliphatic hydroxyl groups is 1. The van der Waals surface area contributed by atoms with Crippen LogP contribution in [0.2, 0.25) is 0 Å². The van der Waals surface area contributed by atoms with Crippen molar-refractivity contribution >= 4 is 23.3 Å². The van der Waals surface area contributed by atoms with Gasteiger partial charge < -0.3 is 21.5 Å². The number of carbonyl (C=O) groups excluding carboxylic acids is 2. The molecule has 0 aliphatic heterocycles. The van der Waals surface area contributed by atoms with E-state index in [0.717, 1.165) is 30.5 Å². The van der Waals surface area contributed by atoms with Crippen molar-refractivity contribution in [3.8, 4) is 11.3 Å². The first-order valence-corrected chi connectivity index (χ1v) is 10.8. The Bertz CT molecular complexity index is 1240. The molecule has 1 heterocycles. The molecule has 0 spiro atoms. The van der Waals surface area contributed by atoms with Crippen molar-refractivity contribution in [3.63, 3.8) is 0 Å². The molecule has 1 saturated carbocycles. The summed E-state index contributed by atoms with van der Waals surface area (Å²) in [6, 6.07) is 7.56. The lowest BCUT2D eigenvalue weighted by Gasteiger charge is -2.15. The number of anilines is 2. The third-order valence-corrected chi connectivity index (χ3v) is 5.41. The molecule has 1 aromatic heterocycles. The Morgan fingerprint density at radius 2 is 1.88 bits per heavy atom. The van der Waals surface area contributed by atoms with Crippen molar-refractivity contribution in [1.29, 1.82) is 0 Å². The molecule has 34 heavy (non-hydrogen) atoms. The van der Waals surface area contributed by atoms with E-state index in [2.05, 4.69) is 20.6 Å². The Morgan fingerprint density at radius 3 is 2.53 bits per heavy atom. The number of hydrogen-bond acceptors (Lipinski definition) is 6. The molecule has 0 unspecified atom stereocenters. The van der Waals surface area contributed by atoms with Gasteiger partial charge in [-0.15, -0.1) is 0 Å². The number of hydrogen-bond donors (Lipinski definition) is 4. The normalized spacial score (nSPS) is 13.9. The smallest absolute Gasteiger partial charge is 0.273 e. The maximum absolute atomic E-state index is 13.4. The molecule has 0 bridgehead atoms. The number of aliphatic hydroxyl groups excluding tert-OH is 1. The summed E-state index contributed by atoms with van der Waals surface area (Å²) in [6.45, 7) is 1.90. The Kier molecular flexibility index (Phi) is 6.51. The van der Waals surface area contributed by atoms with Crippen LogP contribution in [0, 0.1) is 11.6 Å². The zero-order valence-corrected chi connectivity index (χ0v) is 18.3. The topological polar surface area (TPSA) is 130 Å². The minimum Gasteiger partial charge on any atom is -0.382 e. The minimum absolute atomic E-state index is 0.0339. The average Bonchev–Trinajstić information content (AvgIpc) is 3.62. The van der Waals surface area contributed by atoms with Crippen LogP contribution in [-0.2, 0) is 11.2 Å². The van der Waals surface area contributed by atoms with Gasteiger partial charge in [-0.2, -0.15) is 0 Å². The van der Waals surface area contributed by atoms with Crippen LogP contribution in [0.5, 0.6) is 0 Å². The highest BCUT2D eigenvalue weighted by Gasteiger charge is 2.26. The molecular formula is C24H23F2N5O3. The van der Waals surface area contributed by atoms with Crippen LogP contribution in [0.4, 0.5) is 20.3 Å². The third-order valence-electron chi connectivity index (χ3n) is 5.41. The van der Waals surface area contributed by atoms with Crippen molar-refractivity contribution in [1.82, 2.24) is 15.3 Å². The first-order valence-electron chi connectivity index (χ1n) is 10.8. The van der Waals surface area contributed by atoms with E-state index in [-0.39, 0.29) is 29.0 Å². The summed E-state index contributed by atoms with van der Waals surface area (Å²) in [5, 5.41) is 15.6. The van der Waals surface area contributed by atoms with Gasteiger partial charge in [-0.05, 0) is 54.7 Å². The largest absolute Gasteiger partial charge is 0.382 e. The van der Waals surface area contributed by atoms with E-state index < -0.39 is 23.6 Å². The van der Waals surface area contributed by atoms with Crippen molar-refractivity contribution < 1.29 is 23.5 Å². The molecular weight excluding hydrogens is 444 g/mol. The SMILES string of the molecule is CCc1cc(NC(=O)[C@@H](O)c2cc(F)cc(F)c2)ccc1-c1cnc(N)c(C(=O)NC2CC2)n1. The number of nitrogen functional groups attached to an aromatic ring is 1. The monoisotopic (exact) mass is 467 g/mol. The maximum atomic E-state index is 13.4. The molecule has 176 valence electrons. The molecule has 2 amide bonds. The van der Waals surface area contributed by atoms with E-state index in [1.165, 1.54) is 6.20 Å². The van der Waals surface area contributed by atoms with Crippen LogP contribution in [0.3, 0.4) is 0 Å². The number of aromatic nitrogens is 2. The van der Waals surface area contributed by atoms with Gasteiger partial charge in [-0.25, -0.2) is 18.7 Å². The highest BCUT2D eigenvalue weighted by molar-refractivity contribution is 5.97. The lowest BCUT2D eigenvalue weighted by Crippen LogP contribution is -2.27. The standard InChI is InChI=1S/C24H23F2N5O3/c1-2-12-9-17(30-24(34)21(32)13-7-14(25)10-15(26)8-13)5-6-18(12)19-11-28-22(27)20(31-19)23(33)29-16-3-4-16/h5-11,16,21,32H,2-4H2,1H3,(H2,27,28)(H,29,33)(H,30,34)/t21-/m0/s1. The van der Waals surface area contributed by atoms with E-state index in [1.54, 1.807) is 18.2 Å². The van der Waals surface area contributed by atoms with Gasteiger partial charge >= 0.3 is 0 Å². The lowest BCUT2D eigenvalue weighted by atomic mass is 10.0. The zero-order valence-electron chi connectivity index (χ0n) is 18.3. The summed E-state index contributed by atoms with van der Waals surface area (Å²) in [6.07, 6.45) is 2.12. The van der Waals surface area contributed by atoms with Gasteiger partial charge in [-0.1, -0.05) is 13.0 Å². The molecule has 3 aromatic rings. The molecule has 8 nitrogen and oxygen atoms in total. The van der Waals surface area contributed by atoms with Crippen LogP contribution < -0.4 is 16.4 Å². The molecule has 1 atom stereocenters. The number of carbonyl (C=O) groups is 2. The summed E-state index contributed by atoms with van der Waals surface area (Å²) in [5.74, 6) is -2.97. The number of amides is 2. The molecule has 10 heteroatoms. The van der Waals surface area contributed by atoms with Crippen molar-refractivity contribution in [2.45, 2.75) is 38.3 Å². The summed E-state index contributed by atoms with van der Waals surface area (Å²) in [5.41, 5.74) is 8.01. The van der Waals surface area contributed by atoms with Crippen molar-refractivity contribution in [2.24, 2.45) is 0 Å². The van der Waals surface area contributed by atoms with Gasteiger partial charge in [0.05, 0.1) is 11.9 Å². The first-order chi connectivity index (χ1) is 16.2. The fraction of sp³-hybridized carbons (Fsp3) is 0.250. The van der Waals surface area contributed by atoms with Gasteiger partial charge in [0.25, 0.3) is 11.8 Å². The van der Waals surface area contributed by atoms with E-state index in [9.17, 15) is 23.5 Å². The van der Waals surface area contributed by atoms with Crippen LogP contribution in [0.15, 0.2) is 42.6 Å². The summed E-state index contributed by atoms with van der Waals surface area (Å²) in [4.78, 5) is 33.4. The quantitative estimate of drug-likeness (QED) is 0.422. The van der Waals surface area contributed by atoms with Crippen molar-refractivity contribution in [3.05, 3.63) is 71.1 Å². The molecule has 4 rings (SSSR count). The molecule has 1 fully saturated rings. The second kappa shape index (κ2) is 9.52. The number of nitrogens with one attached hydrogen (secondary N) is 2. The number of nitrogens with two attached hydrogens (primary N) is 1. The molecule has 1 aliphatic rings. The van der Waals surface area contributed by atoms with Crippen LogP contribution >= 0.6 is 0 Å². The molecule has 0 radical (unpaired) electrons. The summed E-state index contributed by atoms with van der Waals surface area (Å²) >= 11 is 0. The number of rotatable bonds is 7. The van der Waals surface area contributed by atoms with Gasteiger partial charge in [0, 0.05) is 23.4 Å². The fourth-order valence-electron chi connectivity index (χ4n) is 3.49. The van der Waals surface area contributed by atoms with Gasteiger partial charge in [-0.3, -0.25) is 9.59 Å². The zero-order chi connectivity index (χ0) is 24.4. The molecule has 1 aliphatic carbocycles. The first kappa shape index (κ1) is 23.2. The number of aryl methyl sites for hydroxylation is 1. The maximum Gasteiger partial charge on any atom is 0.273 e. The average molecular weight is 467 g/mol. The molecule has 0 saturated heterocycles. The van der Waals surface area contributed by atoms with Gasteiger partial charge in [0.2, 0.25) is 0 Å². The minimum atomic E-state index is -1.76. The predicted octanol–water partition coefficient (Wildman–Crippen LogP) is 3.13. The second-order valence-corrected chi connectivity index (χ2v) is 8.06. The summed E-state index contributed by atoms with van der Waals surface area (Å²) in [7, 11) is 0. The fourth-order valence-corrected chi connectivity index (χ4v) is 3.49. The number of benzene rings is 2. The number of nitrogens with zero attached hydrogens (tertiary/aromatic N) is 2. The number of halogens is 2. The molecule has 2 aromatic carbocycles. The lowest BCUT2D eigenvalue weighted by molar-refractivity contribution is -0.124. The van der Waals surface area contributed by atoms with E-state index >= 15 is 0 Å². The van der Waals surface area contributed by atoms with E-state index in [4.69, 9.17) is 5.73 Å². The Hall–Kier alpha value is -3.92. The van der Waals surface area contributed by atoms with Crippen LogP contribution in [0.25, 0.3) is 11.3 Å². The van der Waals surface area contributed by atoms with Gasteiger partial charge in [0.1, 0.15) is 11.6 Å². The van der Waals surface area contributed by atoms with E-state index in [1.807, 2.05) is 6.92 Å².